The van der Waals surface area contributed by atoms with Crippen LogP contribution in [0.25, 0.3) is 16.9 Å². The molecular weight excluding hydrogens is 445 g/mol. The molecule has 2 aromatic heterocycles. The van der Waals surface area contributed by atoms with Crippen LogP contribution in [0.5, 0.6) is 0 Å². The zero-order chi connectivity index (χ0) is 23.2. The topological polar surface area (TPSA) is 97.1 Å². The highest BCUT2D eigenvalue weighted by Crippen LogP contribution is 2.26. The van der Waals surface area contributed by atoms with Crippen LogP contribution in [0.1, 0.15) is 11.1 Å². The van der Waals surface area contributed by atoms with E-state index in [0.717, 1.165) is 11.1 Å². The fourth-order valence-electron chi connectivity index (χ4n) is 3.91. The first-order valence-electron chi connectivity index (χ1n) is 10.5. The Labute approximate surface area is 190 Å². The summed E-state index contributed by atoms with van der Waals surface area (Å²) >= 11 is 0. The number of aromatic nitrogens is 5. The summed E-state index contributed by atoms with van der Waals surface area (Å²) in [6.07, 6.45) is 1.41. The zero-order valence-corrected chi connectivity index (χ0v) is 19.0. The monoisotopic (exact) mass is 467 g/mol. The second-order valence-corrected chi connectivity index (χ2v) is 9.93. The molecule has 1 aliphatic rings. The molecule has 5 rings (SSSR count). The maximum Gasteiger partial charge on any atom is 0.243 e. The van der Waals surface area contributed by atoms with E-state index in [2.05, 4.69) is 20.3 Å². The van der Waals surface area contributed by atoms with Gasteiger partial charge in [-0.05, 0) is 55.3 Å². The van der Waals surface area contributed by atoms with E-state index in [9.17, 15) is 12.8 Å². The number of rotatable bonds is 4. The van der Waals surface area contributed by atoms with Crippen molar-refractivity contribution in [2.75, 3.05) is 31.1 Å². The standard InChI is InChI=1S/C22H22FN7O2S/c1-15-6-7-19(12-16(15)2)33(31,32)29-10-8-28(9-11-29)21-20-22(25-14-24-21)30(27-26-20)18-5-3-4-17(23)13-18/h3-7,12-14H,8-11H2,1-2H3. The molecule has 0 spiro atoms. The Hall–Kier alpha value is -3.44. The number of nitrogens with zero attached hydrogens (tertiary/aromatic N) is 7. The minimum atomic E-state index is -3.58. The van der Waals surface area contributed by atoms with Crippen LogP contribution in [0.4, 0.5) is 10.2 Å². The van der Waals surface area contributed by atoms with Gasteiger partial charge in [0.05, 0.1) is 10.6 Å². The van der Waals surface area contributed by atoms with Crippen LogP contribution in [-0.4, -0.2) is 63.9 Å². The molecule has 170 valence electrons. The van der Waals surface area contributed by atoms with E-state index in [1.807, 2.05) is 24.8 Å². The molecule has 2 aromatic carbocycles. The molecule has 9 nitrogen and oxygen atoms in total. The minimum absolute atomic E-state index is 0.307. The number of halogens is 1. The van der Waals surface area contributed by atoms with Gasteiger partial charge in [0, 0.05) is 26.2 Å². The normalized spacial score (nSPS) is 15.3. The number of hydrogen-bond donors (Lipinski definition) is 0. The van der Waals surface area contributed by atoms with Crippen LogP contribution in [0.15, 0.2) is 53.7 Å². The quantitative estimate of drug-likeness (QED) is 0.455. The van der Waals surface area contributed by atoms with E-state index in [1.165, 1.54) is 27.4 Å². The second-order valence-electron chi connectivity index (χ2n) is 7.99. The number of aryl methyl sites for hydroxylation is 2. The summed E-state index contributed by atoms with van der Waals surface area (Å²) in [5.74, 6) is 0.192. The van der Waals surface area contributed by atoms with E-state index in [4.69, 9.17) is 0 Å². The van der Waals surface area contributed by atoms with Gasteiger partial charge in [-0.3, -0.25) is 0 Å². The molecule has 0 unspecified atom stereocenters. The minimum Gasteiger partial charge on any atom is -0.352 e. The van der Waals surface area contributed by atoms with Gasteiger partial charge in [-0.1, -0.05) is 17.3 Å². The van der Waals surface area contributed by atoms with E-state index < -0.39 is 10.0 Å². The predicted molar refractivity (Wildman–Crippen MR) is 121 cm³/mol. The molecule has 11 heteroatoms. The van der Waals surface area contributed by atoms with Gasteiger partial charge in [-0.2, -0.15) is 8.99 Å². The Balaban J connectivity index is 1.39. The lowest BCUT2D eigenvalue weighted by atomic mass is 10.1. The van der Waals surface area contributed by atoms with Crippen LogP contribution in [0.2, 0.25) is 0 Å². The Morgan fingerprint density at radius 1 is 0.939 bits per heavy atom. The molecule has 0 aliphatic carbocycles. The van der Waals surface area contributed by atoms with Crippen molar-refractivity contribution in [1.29, 1.82) is 0 Å². The predicted octanol–water partition coefficient (Wildman–Crippen LogP) is 2.48. The van der Waals surface area contributed by atoms with Crippen molar-refractivity contribution in [3.05, 3.63) is 65.7 Å². The molecule has 0 saturated carbocycles. The molecule has 0 radical (unpaired) electrons. The number of sulfonamides is 1. The highest BCUT2D eigenvalue weighted by Gasteiger charge is 2.30. The van der Waals surface area contributed by atoms with E-state index >= 15 is 0 Å². The molecule has 0 bridgehead atoms. The van der Waals surface area contributed by atoms with Gasteiger partial charge in [-0.25, -0.2) is 22.8 Å². The molecule has 4 aromatic rings. The van der Waals surface area contributed by atoms with Gasteiger partial charge >= 0.3 is 0 Å². The number of anilines is 1. The lowest BCUT2D eigenvalue weighted by Crippen LogP contribution is -2.49. The molecule has 3 heterocycles. The number of benzene rings is 2. The largest absolute Gasteiger partial charge is 0.352 e. The lowest BCUT2D eigenvalue weighted by molar-refractivity contribution is 0.384. The summed E-state index contributed by atoms with van der Waals surface area (Å²) in [5, 5.41) is 8.36. The van der Waals surface area contributed by atoms with Crippen LogP contribution < -0.4 is 4.90 Å². The van der Waals surface area contributed by atoms with Crippen molar-refractivity contribution in [1.82, 2.24) is 29.3 Å². The smallest absolute Gasteiger partial charge is 0.243 e. The number of piperazine rings is 1. The Morgan fingerprint density at radius 2 is 1.73 bits per heavy atom. The molecule has 1 fully saturated rings. The first kappa shape index (κ1) is 21.4. The van der Waals surface area contributed by atoms with Crippen molar-refractivity contribution >= 4 is 27.0 Å². The molecular formula is C22H22FN7O2S. The Bertz CT molecular complexity index is 1450. The van der Waals surface area contributed by atoms with Crippen molar-refractivity contribution < 1.29 is 12.8 Å². The average Bonchev–Trinajstić information content (AvgIpc) is 3.25. The van der Waals surface area contributed by atoms with Gasteiger partial charge in [0.2, 0.25) is 10.0 Å². The third-order valence-electron chi connectivity index (χ3n) is 5.93. The van der Waals surface area contributed by atoms with Crippen LogP contribution in [0.3, 0.4) is 0 Å². The maximum absolute atomic E-state index is 13.7. The first-order chi connectivity index (χ1) is 15.8. The fourth-order valence-corrected chi connectivity index (χ4v) is 5.42. The maximum atomic E-state index is 13.7. The summed E-state index contributed by atoms with van der Waals surface area (Å²) in [6.45, 7) is 5.39. The molecule has 1 aliphatic heterocycles. The van der Waals surface area contributed by atoms with Gasteiger partial charge < -0.3 is 4.90 Å². The van der Waals surface area contributed by atoms with Crippen molar-refractivity contribution in [3.63, 3.8) is 0 Å². The first-order valence-corrected chi connectivity index (χ1v) is 11.9. The van der Waals surface area contributed by atoms with Gasteiger partial charge in [0.15, 0.2) is 17.0 Å². The average molecular weight is 468 g/mol. The summed E-state index contributed by atoms with van der Waals surface area (Å²) in [4.78, 5) is 10.9. The summed E-state index contributed by atoms with van der Waals surface area (Å²) in [7, 11) is -3.58. The highest BCUT2D eigenvalue weighted by molar-refractivity contribution is 7.89. The van der Waals surface area contributed by atoms with Crippen LogP contribution in [0, 0.1) is 19.7 Å². The van der Waals surface area contributed by atoms with E-state index in [-0.39, 0.29) is 5.82 Å². The third kappa shape index (κ3) is 3.83. The Morgan fingerprint density at radius 3 is 2.45 bits per heavy atom. The molecule has 0 amide bonds. The SMILES string of the molecule is Cc1ccc(S(=O)(=O)N2CCN(c3ncnc4c3nnn4-c3cccc(F)c3)CC2)cc1C. The highest BCUT2D eigenvalue weighted by atomic mass is 32.2. The summed E-state index contributed by atoms with van der Waals surface area (Å²) < 4.78 is 42.9. The fraction of sp³-hybridized carbons (Fsp3) is 0.273. The van der Waals surface area contributed by atoms with Crippen molar-refractivity contribution in [2.24, 2.45) is 0 Å². The van der Waals surface area contributed by atoms with Gasteiger partial charge in [-0.15, -0.1) is 5.10 Å². The van der Waals surface area contributed by atoms with Crippen LogP contribution in [-0.2, 0) is 10.0 Å². The molecule has 33 heavy (non-hydrogen) atoms. The number of hydrogen-bond acceptors (Lipinski definition) is 7. The van der Waals surface area contributed by atoms with Crippen molar-refractivity contribution in [2.45, 2.75) is 18.7 Å². The molecule has 1 saturated heterocycles. The van der Waals surface area contributed by atoms with E-state index in [1.54, 1.807) is 24.3 Å². The summed E-state index contributed by atoms with van der Waals surface area (Å²) in [6, 6.07) is 11.2. The zero-order valence-electron chi connectivity index (χ0n) is 18.2. The van der Waals surface area contributed by atoms with Crippen molar-refractivity contribution in [3.8, 4) is 5.69 Å². The van der Waals surface area contributed by atoms with Gasteiger partial charge in [0.25, 0.3) is 0 Å². The summed E-state index contributed by atoms with van der Waals surface area (Å²) in [5.41, 5.74) is 3.44. The second kappa shape index (κ2) is 8.16. The molecule has 0 N–H and O–H groups in total. The lowest BCUT2D eigenvalue weighted by Gasteiger charge is -2.34. The van der Waals surface area contributed by atoms with Crippen LogP contribution >= 0.6 is 0 Å². The Kier molecular flexibility index (Phi) is 5.29. The number of fused-ring (bicyclic) bond motifs is 1. The van der Waals surface area contributed by atoms with Gasteiger partial charge in [0.1, 0.15) is 12.1 Å². The third-order valence-corrected chi connectivity index (χ3v) is 7.82. The van der Waals surface area contributed by atoms with E-state index in [0.29, 0.717) is 53.7 Å². The molecule has 0 atom stereocenters.